The SMILES string of the molecule is CC1=Nc2ncnn2C(c2cccc(F)c2)C1C(=O)Nc1ccccc1C. The molecule has 2 unspecified atom stereocenters. The van der Waals surface area contributed by atoms with E-state index in [-0.39, 0.29) is 11.7 Å². The normalized spacial score (nSPS) is 18.6. The molecule has 0 bridgehead atoms. The highest BCUT2D eigenvalue weighted by molar-refractivity contribution is 6.10. The van der Waals surface area contributed by atoms with Gasteiger partial charge in [-0.05, 0) is 43.2 Å². The number of para-hydroxylation sites is 1. The Balaban J connectivity index is 1.77. The second kappa shape index (κ2) is 6.75. The summed E-state index contributed by atoms with van der Waals surface area (Å²) >= 11 is 0. The summed E-state index contributed by atoms with van der Waals surface area (Å²) in [6, 6.07) is 13.2. The number of carbonyl (C=O) groups is 1. The van der Waals surface area contributed by atoms with Crippen LogP contribution < -0.4 is 5.32 Å². The summed E-state index contributed by atoms with van der Waals surface area (Å²) in [4.78, 5) is 21.7. The molecular formula is C20H18FN5O. The minimum atomic E-state index is -0.638. The molecule has 136 valence electrons. The summed E-state index contributed by atoms with van der Waals surface area (Å²) < 4.78 is 15.4. The van der Waals surface area contributed by atoms with Gasteiger partial charge < -0.3 is 5.32 Å². The van der Waals surface area contributed by atoms with Crippen molar-refractivity contribution in [2.75, 3.05) is 5.32 Å². The van der Waals surface area contributed by atoms with Crippen molar-refractivity contribution >= 4 is 23.3 Å². The van der Waals surface area contributed by atoms with Gasteiger partial charge in [0, 0.05) is 11.4 Å². The Morgan fingerprint density at radius 3 is 2.74 bits per heavy atom. The van der Waals surface area contributed by atoms with E-state index in [1.54, 1.807) is 23.7 Å². The van der Waals surface area contributed by atoms with Crippen LogP contribution in [0.3, 0.4) is 0 Å². The van der Waals surface area contributed by atoms with Crippen LogP contribution in [0, 0.1) is 18.7 Å². The largest absolute Gasteiger partial charge is 0.325 e. The van der Waals surface area contributed by atoms with Crippen molar-refractivity contribution in [2.24, 2.45) is 10.9 Å². The van der Waals surface area contributed by atoms with Crippen molar-refractivity contribution in [3.63, 3.8) is 0 Å². The summed E-state index contributed by atoms with van der Waals surface area (Å²) in [6.45, 7) is 3.71. The number of hydrogen-bond acceptors (Lipinski definition) is 4. The van der Waals surface area contributed by atoms with E-state index >= 15 is 0 Å². The maximum absolute atomic E-state index is 13.9. The quantitative estimate of drug-likeness (QED) is 0.772. The number of halogens is 1. The number of nitrogens with one attached hydrogen (secondary N) is 1. The number of hydrogen-bond donors (Lipinski definition) is 1. The zero-order chi connectivity index (χ0) is 19.0. The first kappa shape index (κ1) is 17.1. The van der Waals surface area contributed by atoms with Crippen molar-refractivity contribution < 1.29 is 9.18 Å². The second-order valence-electron chi connectivity index (χ2n) is 6.54. The third-order valence-electron chi connectivity index (χ3n) is 4.74. The van der Waals surface area contributed by atoms with E-state index in [9.17, 15) is 9.18 Å². The number of benzene rings is 2. The fourth-order valence-electron chi connectivity index (χ4n) is 3.40. The first-order valence-electron chi connectivity index (χ1n) is 8.61. The van der Waals surface area contributed by atoms with Crippen molar-refractivity contribution in [3.8, 4) is 0 Å². The molecule has 1 N–H and O–H groups in total. The maximum Gasteiger partial charge on any atom is 0.248 e. The molecule has 1 aliphatic heterocycles. The second-order valence-corrected chi connectivity index (χ2v) is 6.54. The monoisotopic (exact) mass is 363 g/mol. The predicted molar refractivity (Wildman–Crippen MR) is 101 cm³/mol. The number of aryl methyl sites for hydroxylation is 1. The Kier molecular flexibility index (Phi) is 4.27. The topological polar surface area (TPSA) is 72.2 Å². The van der Waals surface area contributed by atoms with E-state index in [0.717, 1.165) is 11.3 Å². The average molecular weight is 363 g/mol. The van der Waals surface area contributed by atoms with Gasteiger partial charge in [-0.2, -0.15) is 10.1 Å². The van der Waals surface area contributed by atoms with Crippen LogP contribution in [0.4, 0.5) is 16.0 Å². The number of fused-ring (bicyclic) bond motifs is 1. The molecule has 2 aromatic carbocycles. The van der Waals surface area contributed by atoms with Crippen molar-refractivity contribution in [1.82, 2.24) is 14.8 Å². The van der Waals surface area contributed by atoms with Crippen molar-refractivity contribution in [2.45, 2.75) is 19.9 Å². The lowest BCUT2D eigenvalue weighted by Crippen LogP contribution is -2.39. The van der Waals surface area contributed by atoms with E-state index in [0.29, 0.717) is 17.2 Å². The third-order valence-corrected chi connectivity index (χ3v) is 4.74. The van der Waals surface area contributed by atoms with Gasteiger partial charge in [-0.3, -0.25) is 4.79 Å². The van der Waals surface area contributed by atoms with Gasteiger partial charge >= 0.3 is 0 Å². The number of amides is 1. The molecule has 2 atom stereocenters. The van der Waals surface area contributed by atoms with Gasteiger partial charge in [0.25, 0.3) is 0 Å². The lowest BCUT2D eigenvalue weighted by molar-refractivity contribution is -0.118. The van der Waals surface area contributed by atoms with E-state index in [4.69, 9.17) is 0 Å². The molecule has 0 radical (unpaired) electrons. The first-order valence-corrected chi connectivity index (χ1v) is 8.61. The van der Waals surface area contributed by atoms with Crippen LogP contribution in [0.1, 0.15) is 24.1 Å². The number of aromatic nitrogens is 3. The summed E-state index contributed by atoms with van der Waals surface area (Å²) in [5, 5.41) is 7.20. The molecule has 4 rings (SSSR count). The Morgan fingerprint density at radius 1 is 1.15 bits per heavy atom. The third kappa shape index (κ3) is 3.12. The van der Waals surface area contributed by atoms with Crippen LogP contribution >= 0.6 is 0 Å². The molecule has 1 aromatic heterocycles. The molecule has 6 nitrogen and oxygen atoms in total. The van der Waals surface area contributed by atoms with Crippen molar-refractivity contribution in [1.29, 1.82) is 0 Å². The maximum atomic E-state index is 13.9. The van der Waals surface area contributed by atoms with Gasteiger partial charge in [0.1, 0.15) is 18.1 Å². The van der Waals surface area contributed by atoms with Crippen LogP contribution in [0.25, 0.3) is 0 Å². The van der Waals surface area contributed by atoms with Crippen LogP contribution in [-0.2, 0) is 4.79 Å². The summed E-state index contributed by atoms with van der Waals surface area (Å²) in [6.07, 6.45) is 1.39. The fraction of sp³-hybridized carbons (Fsp3) is 0.200. The standard InChI is InChI=1S/C20H18FN5O/c1-12-6-3-4-9-16(12)25-19(27)17-13(2)24-20-22-11-23-26(20)18(17)14-7-5-8-15(21)10-14/h3-11,17-18H,1-2H3,(H,25,27). The molecule has 0 spiro atoms. The van der Waals surface area contributed by atoms with Crippen LogP contribution in [0.5, 0.6) is 0 Å². The fourth-order valence-corrected chi connectivity index (χ4v) is 3.40. The molecule has 3 aromatic rings. The molecule has 2 heterocycles. The number of aliphatic imine (C=N–C) groups is 1. The van der Waals surface area contributed by atoms with E-state index in [2.05, 4.69) is 20.4 Å². The van der Waals surface area contributed by atoms with Crippen LogP contribution in [0.15, 0.2) is 59.9 Å². The Labute approximate surface area is 155 Å². The number of carbonyl (C=O) groups excluding carboxylic acids is 1. The lowest BCUT2D eigenvalue weighted by atomic mass is 9.87. The van der Waals surface area contributed by atoms with E-state index in [1.807, 2.05) is 31.2 Å². The van der Waals surface area contributed by atoms with Gasteiger partial charge in [-0.25, -0.2) is 14.1 Å². The highest BCUT2D eigenvalue weighted by Crippen LogP contribution is 2.35. The molecule has 0 saturated carbocycles. The molecule has 0 saturated heterocycles. The minimum Gasteiger partial charge on any atom is -0.325 e. The van der Waals surface area contributed by atoms with Crippen LogP contribution in [0.2, 0.25) is 0 Å². The van der Waals surface area contributed by atoms with Gasteiger partial charge in [0.05, 0.1) is 6.04 Å². The highest BCUT2D eigenvalue weighted by Gasteiger charge is 2.38. The molecule has 1 amide bonds. The smallest absolute Gasteiger partial charge is 0.248 e. The Morgan fingerprint density at radius 2 is 1.96 bits per heavy atom. The predicted octanol–water partition coefficient (Wildman–Crippen LogP) is 3.68. The van der Waals surface area contributed by atoms with Crippen LogP contribution in [-0.4, -0.2) is 26.4 Å². The molecule has 7 heteroatoms. The Hall–Kier alpha value is -3.35. The minimum absolute atomic E-state index is 0.221. The van der Waals surface area contributed by atoms with Gasteiger partial charge in [-0.15, -0.1) is 0 Å². The van der Waals surface area contributed by atoms with Crippen molar-refractivity contribution in [3.05, 3.63) is 71.8 Å². The van der Waals surface area contributed by atoms with Gasteiger partial charge in [0.2, 0.25) is 11.9 Å². The lowest BCUT2D eigenvalue weighted by Gasteiger charge is -2.30. The summed E-state index contributed by atoms with van der Waals surface area (Å²) in [7, 11) is 0. The molecule has 1 aliphatic rings. The average Bonchev–Trinajstić information content (AvgIpc) is 3.10. The molecule has 27 heavy (non-hydrogen) atoms. The van der Waals surface area contributed by atoms with E-state index in [1.165, 1.54) is 18.5 Å². The molecule has 0 fully saturated rings. The molecule has 0 aliphatic carbocycles. The summed E-state index contributed by atoms with van der Waals surface area (Å²) in [5.41, 5.74) is 2.94. The number of nitrogens with zero attached hydrogens (tertiary/aromatic N) is 4. The van der Waals surface area contributed by atoms with Gasteiger partial charge in [-0.1, -0.05) is 30.3 Å². The summed E-state index contributed by atoms with van der Waals surface area (Å²) in [5.74, 6) is -0.823. The highest BCUT2D eigenvalue weighted by atomic mass is 19.1. The molecular weight excluding hydrogens is 345 g/mol. The van der Waals surface area contributed by atoms with E-state index < -0.39 is 12.0 Å². The number of anilines is 1. The number of rotatable bonds is 3. The first-order chi connectivity index (χ1) is 13.0. The zero-order valence-electron chi connectivity index (χ0n) is 14.9. The zero-order valence-corrected chi connectivity index (χ0v) is 14.9. The Bertz CT molecular complexity index is 1040. The van der Waals surface area contributed by atoms with Gasteiger partial charge in [0.15, 0.2) is 0 Å².